The summed E-state index contributed by atoms with van der Waals surface area (Å²) in [6.07, 6.45) is 1.00. The van der Waals surface area contributed by atoms with Crippen LogP contribution in [0.4, 0.5) is 11.4 Å². The maximum Gasteiger partial charge on any atom is 0.224 e. The highest BCUT2D eigenvalue weighted by Crippen LogP contribution is 2.49. The molecule has 1 N–H and O–H groups in total. The summed E-state index contributed by atoms with van der Waals surface area (Å²) in [4.78, 5) is 28.0. The van der Waals surface area contributed by atoms with Crippen LogP contribution in [0.1, 0.15) is 50.8 Å². The van der Waals surface area contributed by atoms with Gasteiger partial charge in [-0.15, -0.1) is 0 Å². The van der Waals surface area contributed by atoms with Crippen LogP contribution in [-0.2, 0) is 9.59 Å². The first-order chi connectivity index (χ1) is 14.6. The number of benzene rings is 2. The van der Waals surface area contributed by atoms with E-state index in [-0.39, 0.29) is 17.1 Å². The van der Waals surface area contributed by atoms with Crippen molar-refractivity contribution in [3.63, 3.8) is 0 Å². The molecule has 1 aliphatic heterocycles. The third-order valence-electron chi connectivity index (χ3n) is 5.72. The fourth-order valence-corrected chi connectivity index (χ4v) is 4.98. The number of hydrogen-bond donors (Lipinski definition) is 1. The van der Waals surface area contributed by atoms with Gasteiger partial charge < -0.3 is 5.32 Å². The molecule has 0 bridgehead atoms. The molecule has 5 nitrogen and oxygen atoms in total. The van der Waals surface area contributed by atoms with Crippen LogP contribution >= 0.6 is 23.2 Å². The average molecular weight is 454 g/mol. The highest BCUT2D eigenvalue weighted by Gasteiger charge is 2.43. The number of fused-ring (bicyclic) bond motifs is 1. The number of hydrogen-bond acceptors (Lipinski definition) is 4. The van der Waals surface area contributed by atoms with E-state index in [0.717, 1.165) is 5.70 Å². The van der Waals surface area contributed by atoms with Gasteiger partial charge in [-0.3, -0.25) is 14.5 Å². The van der Waals surface area contributed by atoms with Crippen LogP contribution in [-0.4, -0.2) is 11.7 Å². The van der Waals surface area contributed by atoms with E-state index in [4.69, 9.17) is 23.2 Å². The zero-order chi connectivity index (χ0) is 22.5. The first-order valence-electron chi connectivity index (χ1n) is 9.93. The van der Waals surface area contributed by atoms with E-state index in [0.29, 0.717) is 51.0 Å². The van der Waals surface area contributed by atoms with Gasteiger partial charge in [-0.2, -0.15) is 5.26 Å². The van der Waals surface area contributed by atoms with Crippen LogP contribution in [0, 0.1) is 16.7 Å². The van der Waals surface area contributed by atoms with E-state index >= 15 is 0 Å². The summed E-state index contributed by atoms with van der Waals surface area (Å²) in [6.45, 7) is 5.55. The number of nitrogens with one attached hydrogen (secondary N) is 1. The van der Waals surface area contributed by atoms with Gasteiger partial charge in [0.25, 0.3) is 0 Å². The molecular weight excluding hydrogens is 433 g/mol. The molecule has 1 aliphatic carbocycles. The molecular formula is C24H21Cl2N3O2. The van der Waals surface area contributed by atoms with E-state index in [9.17, 15) is 14.9 Å². The van der Waals surface area contributed by atoms with Crippen LogP contribution in [0.25, 0.3) is 0 Å². The number of rotatable bonds is 1. The second kappa shape index (κ2) is 7.71. The molecule has 0 radical (unpaired) electrons. The van der Waals surface area contributed by atoms with Crippen molar-refractivity contribution in [2.45, 2.75) is 39.7 Å². The van der Waals surface area contributed by atoms with E-state index in [1.54, 1.807) is 41.3 Å². The van der Waals surface area contributed by atoms with Crippen molar-refractivity contribution in [1.29, 1.82) is 5.26 Å². The second-order valence-electron chi connectivity index (χ2n) is 8.76. The van der Waals surface area contributed by atoms with Gasteiger partial charge in [0.1, 0.15) is 0 Å². The van der Waals surface area contributed by atoms with Gasteiger partial charge in [0.05, 0.1) is 29.0 Å². The molecule has 7 heteroatoms. The molecule has 2 aliphatic rings. The summed E-state index contributed by atoms with van der Waals surface area (Å²) in [5, 5.41) is 13.7. The summed E-state index contributed by atoms with van der Waals surface area (Å²) in [5.41, 5.74) is 3.29. The first-order valence-corrected chi connectivity index (χ1v) is 10.7. The first kappa shape index (κ1) is 21.4. The number of halogens is 2. The lowest BCUT2D eigenvalue weighted by Crippen LogP contribution is -2.38. The highest BCUT2D eigenvalue weighted by molar-refractivity contribution is 6.35. The summed E-state index contributed by atoms with van der Waals surface area (Å²) in [5.74, 6) is -0.296. The quantitative estimate of drug-likeness (QED) is 0.571. The van der Waals surface area contributed by atoms with E-state index in [2.05, 4.69) is 11.4 Å². The van der Waals surface area contributed by atoms with Crippen LogP contribution in [0.3, 0.4) is 0 Å². The standard InChI is InChI=1S/C24H21Cl2N3O2/c1-13(30)29-20-8-14(12-27)4-7-18(20)28-19-10-24(2,3)11-21(31)22(19)23(29)16-6-5-15(25)9-17(16)26/h4-9,23,28H,10-11H2,1-3H3. The van der Waals surface area contributed by atoms with Crippen molar-refractivity contribution in [2.24, 2.45) is 5.41 Å². The predicted molar refractivity (Wildman–Crippen MR) is 122 cm³/mol. The summed E-state index contributed by atoms with van der Waals surface area (Å²) in [7, 11) is 0. The largest absolute Gasteiger partial charge is 0.357 e. The molecule has 4 rings (SSSR count). The van der Waals surface area contributed by atoms with Crippen molar-refractivity contribution in [1.82, 2.24) is 0 Å². The Kier molecular flexibility index (Phi) is 5.33. The molecule has 158 valence electrons. The van der Waals surface area contributed by atoms with Gasteiger partial charge in [0, 0.05) is 34.7 Å². The minimum atomic E-state index is -0.733. The van der Waals surface area contributed by atoms with Gasteiger partial charge in [0.2, 0.25) is 5.91 Å². The fourth-order valence-electron chi connectivity index (χ4n) is 4.47. The molecule has 1 heterocycles. The molecule has 0 saturated carbocycles. The fraction of sp³-hybridized carbons (Fsp3) is 0.292. The molecule has 31 heavy (non-hydrogen) atoms. The Morgan fingerprint density at radius 2 is 1.94 bits per heavy atom. The topological polar surface area (TPSA) is 73.2 Å². The minimum Gasteiger partial charge on any atom is -0.357 e. The third kappa shape index (κ3) is 3.82. The summed E-state index contributed by atoms with van der Waals surface area (Å²) in [6, 6.07) is 11.6. The molecule has 0 aromatic heterocycles. The molecule has 1 atom stereocenters. The molecule has 2 aromatic carbocycles. The Morgan fingerprint density at radius 1 is 1.19 bits per heavy atom. The average Bonchev–Trinajstić information content (AvgIpc) is 2.80. The minimum absolute atomic E-state index is 0.0330. The maximum atomic E-state index is 13.4. The zero-order valence-electron chi connectivity index (χ0n) is 17.4. The molecule has 2 aromatic rings. The Bertz CT molecular complexity index is 1190. The smallest absolute Gasteiger partial charge is 0.224 e. The molecule has 0 spiro atoms. The molecule has 1 amide bonds. The van der Waals surface area contributed by atoms with Crippen molar-refractivity contribution in [3.8, 4) is 6.07 Å². The maximum absolute atomic E-state index is 13.4. The van der Waals surface area contributed by atoms with Crippen molar-refractivity contribution < 1.29 is 9.59 Å². The van der Waals surface area contributed by atoms with Gasteiger partial charge in [-0.25, -0.2) is 0 Å². The number of carbonyl (C=O) groups is 2. The van der Waals surface area contributed by atoms with Crippen LogP contribution in [0.5, 0.6) is 0 Å². The molecule has 0 saturated heterocycles. The van der Waals surface area contributed by atoms with Gasteiger partial charge >= 0.3 is 0 Å². The lowest BCUT2D eigenvalue weighted by atomic mass is 9.73. The normalized spacial score (nSPS) is 19.7. The van der Waals surface area contributed by atoms with E-state index in [1.807, 2.05) is 13.8 Å². The van der Waals surface area contributed by atoms with E-state index < -0.39 is 6.04 Å². The monoisotopic (exact) mass is 453 g/mol. The van der Waals surface area contributed by atoms with Gasteiger partial charge in [-0.1, -0.05) is 43.1 Å². The van der Waals surface area contributed by atoms with Crippen molar-refractivity contribution in [2.75, 3.05) is 10.2 Å². The number of carbonyl (C=O) groups excluding carboxylic acids is 2. The van der Waals surface area contributed by atoms with Crippen LogP contribution < -0.4 is 10.2 Å². The highest BCUT2D eigenvalue weighted by atomic mass is 35.5. The Balaban J connectivity index is 2.06. The van der Waals surface area contributed by atoms with Crippen LogP contribution in [0.15, 0.2) is 47.7 Å². The van der Waals surface area contributed by atoms with Gasteiger partial charge in [-0.05, 0) is 47.7 Å². The Hall–Kier alpha value is -2.81. The number of ketones is 1. The van der Waals surface area contributed by atoms with Gasteiger partial charge in [0.15, 0.2) is 5.78 Å². The number of amides is 1. The Labute approximate surface area is 191 Å². The zero-order valence-corrected chi connectivity index (χ0v) is 18.9. The number of nitriles is 1. The molecule has 0 fully saturated rings. The third-order valence-corrected chi connectivity index (χ3v) is 6.28. The van der Waals surface area contributed by atoms with Crippen LogP contribution in [0.2, 0.25) is 10.0 Å². The predicted octanol–water partition coefficient (Wildman–Crippen LogP) is 6.03. The Morgan fingerprint density at radius 3 is 2.58 bits per heavy atom. The molecule has 1 unspecified atom stereocenters. The number of Topliss-reactive ketones (excluding diaryl/α,β-unsaturated/α-hetero) is 1. The summed E-state index contributed by atoms with van der Waals surface area (Å²) >= 11 is 12.7. The lowest BCUT2D eigenvalue weighted by Gasteiger charge is -2.37. The number of anilines is 2. The number of nitrogens with zero attached hydrogens (tertiary/aromatic N) is 2. The SMILES string of the molecule is CC(=O)N1c2cc(C#N)ccc2NC2=C(C(=O)CC(C)(C)C2)C1c1ccc(Cl)cc1Cl. The van der Waals surface area contributed by atoms with E-state index in [1.165, 1.54) is 6.92 Å². The second-order valence-corrected chi connectivity index (χ2v) is 9.60. The van der Waals surface area contributed by atoms with Crippen molar-refractivity contribution >= 4 is 46.3 Å². The lowest BCUT2D eigenvalue weighted by molar-refractivity contribution is -0.118. The number of allylic oxidation sites excluding steroid dienone is 1. The van der Waals surface area contributed by atoms with Crippen molar-refractivity contribution in [3.05, 3.63) is 68.8 Å². The summed E-state index contributed by atoms with van der Waals surface area (Å²) < 4.78 is 0.